The lowest BCUT2D eigenvalue weighted by Gasteiger charge is -2.28. The molecule has 2 aromatic carbocycles. The van der Waals surface area contributed by atoms with E-state index in [0.29, 0.717) is 28.3 Å². The van der Waals surface area contributed by atoms with Gasteiger partial charge in [0.1, 0.15) is 5.82 Å². The quantitative estimate of drug-likeness (QED) is 0.787. The molecule has 23 heavy (non-hydrogen) atoms. The van der Waals surface area contributed by atoms with Crippen LogP contribution in [0.1, 0.15) is 17.0 Å². The molecule has 4 rings (SSSR count). The van der Waals surface area contributed by atoms with Gasteiger partial charge in [-0.3, -0.25) is 9.69 Å². The van der Waals surface area contributed by atoms with Crippen LogP contribution in [0.15, 0.2) is 47.3 Å². The molecule has 0 saturated carbocycles. The van der Waals surface area contributed by atoms with Crippen LogP contribution in [0.2, 0.25) is 5.02 Å². The van der Waals surface area contributed by atoms with Gasteiger partial charge in [-0.2, -0.15) is 0 Å². The van der Waals surface area contributed by atoms with Crippen molar-refractivity contribution < 1.29 is 0 Å². The van der Waals surface area contributed by atoms with Gasteiger partial charge in [-0.05, 0) is 35.7 Å². The maximum absolute atomic E-state index is 12.2. The molecule has 0 bridgehead atoms. The highest BCUT2D eigenvalue weighted by Gasteiger charge is 2.17. The second-order valence-electron chi connectivity index (χ2n) is 5.90. The number of halogens is 1. The van der Waals surface area contributed by atoms with E-state index in [1.807, 2.05) is 0 Å². The van der Waals surface area contributed by atoms with E-state index in [1.54, 1.807) is 18.2 Å². The second-order valence-corrected chi connectivity index (χ2v) is 6.34. The average molecular weight is 326 g/mol. The molecular formula is C18H16ClN3O. The van der Waals surface area contributed by atoms with E-state index in [-0.39, 0.29) is 5.56 Å². The smallest absolute Gasteiger partial charge is 0.258 e. The van der Waals surface area contributed by atoms with E-state index in [9.17, 15) is 4.79 Å². The highest BCUT2D eigenvalue weighted by Crippen LogP contribution is 2.20. The minimum absolute atomic E-state index is 0.112. The molecule has 2 heterocycles. The Morgan fingerprint density at radius 1 is 1.17 bits per heavy atom. The molecule has 116 valence electrons. The fourth-order valence-electron chi connectivity index (χ4n) is 3.14. The highest BCUT2D eigenvalue weighted by atomic mass is 35.5. The summed E-state index contributed by atoms with van der Waals surface area (Å²) >= 11 is 6.01. The first kappa shape index (κ1) is 14.4. The first-order valence-electron chi connectivity index (χ1n) is 7.67. The molecule has 0 saturated heterocycles. The predicted molar refractivity (Wildman–Crippen MR) is 91.6 cm³/mol. The maximum atomic E-state index is 12.2. The average Bonchev–Trinajstić information content (AvgIpc) is 2.54. The molecule has 0 radical (unpaired) electrons. The Bertz CT molecular complexity index is 935. The van der Waals surface area contributed by atoms with Crippen LogP contribution in [0.25, 0.3) is 10.9 Å². The van der Waals surface area contributed by atoms with Crippen molar-refractivity contribution in [1.82, 2.24) is 14.9 Å². The third-order valence-corrected chi connectivity index (χ3v) is 4.54. The summed E-state index contributed by atoms with van der Waals surface area (Å²) in [6.07, 6.45) is 1.03. The number of nitrogens with zero attached hydrogens (tertiary/aromatic N) is 2. The molecule has 0 spiro atoms. The van der Waals surface area contributed by atoms with Crippen LogP contribution in [0.3, 0.4) is 0 Å². The Balaban J connectivity index is 1.62. The summed E-state index contributed by atoms with van der Waals surface area (Å²) in [5.74, 6) is 0.684. The Kier molecular flexibility index (Phi) is 3.63. The number of rotatable bonds is 2. The van der Waals surface area contributed by atoms with Gasteiger partial charge in [-0.25, -0.2) is 4.98 Å². The third-order valence-electron chi connectivity index (χ3n) is 4.30. The summed E-state index contributed by atoms with van der Waals surface area (Å²) in [4.78, 5) is 22.0. The number of aromatic nitrogens is 2. The number of fused-ring (bicyclic) bond motifs is 2. The van der Waals surface area contributed by atoms with Crippen LogP contribution in [0.4, 0.5) is 0 Å². The first-order valence-corrected chi connectivity index (χ1v) is 8.04. The molecule has 3 aromatic rings. The van der Waals surface area contributed by atoms with Crippen molar-refractivity contribution in [3.63, 3.8) is 0 Å². The van der Waals surface area contributed by atoms with E-state index in [1.165, 1.54) is 11.1 Å². The van der Waals surface area contributed by atoms with Gasteiger partial charge in [-0.1, -0.05) is 35.9 Å². The lowest BCUT2D eigenvalue weighted by atomic mass is 10.00. The van der Waals surface area contributed by atoms with Crippen molar-refractivity contribution in [3.8, 4) is 0 Å². The summed E-state index contributed by atoms with van der Waals surface area (Å²) in [5.41, 5.74) is 3.30. The highest BCUT2D eigenvalue weighted by molar-refractivity contribution is 6.31. The summed E-state index contributed by atoms with van der Waals surface area (Å²) in [7, 11) is 0. The SMILES string of the molecule is O=c1[nH]c(CN2CCc3ccccc3C2)nc2cc(Cl)ccc12. The number of hydrogen-bond acceptors (Lipinski definition) is 3. The number of nitrogens with one attached hydrogen (secondary N) is 1. The fraction of sp³-hybridized carbons (Fsp3) is 0.222. The Morgan fingerprint density at radius 2 is 2.00 bits per heavy atom. The van der Waals surface area contributed by atoms with Crippen molar-refractivity contribution in [3.05, 3.63) is 74.8 Å². The molecule has 1 aromatic heterocycles. The van der Waals surface area contributed by atoms with Crippen molar-refractivity contribution in [2.24, 2.45) is 0 Å². The summed E-state index contributed by atoms with van der Waals surface area (Å²) in [6.45, 7) is 2.48. The molecule has 1 aliphatic rings. The summed E-state index contributed by atoms with van der Waals surface area (Å²) < 4.78 is 0. The van der Waals surface area contributed by atoms with E-state index in [4.69, 9.17) is 11.6 Å². The van der Waals surface area contributed by atoms with Gasteiger partial charge in [0.25, 0.3) is 5.56 Å². The van der Waals surface area contributed by atoms with Gasteiger partial charge in [0, 0.05) is 18.1 Å². The van der Waals surface area contributed by atoms with Gasteiger partial charge >= 0.3 is 0 Å². The predicted octanol–water partition coefficient (Wildman–Crippen LogP) is 3.13. The number of hydrogen-bond donors (Lipinski definition) is 1. The molecule has 0 fully saturated rings. The summed E-state index contributed by atoms with van der Waals surface area (Å²) in [6, 6.07) is 13.7. The number of aromatic amines is 1. The molecule has 4 nitrogen and oxygen atoms in total. The first-order chi connectivity index (χ1) is 11.2. The minimum atomic E-state index is -0.112. The Morgan fingerprint density at radius 3 is 2.87 bits per heavy atom. The number of H-pyrrole nitrogens is 1. The molecule has 5 heteroatoms. The van der Waals surface area contributed by atoms with Crippen LogP contribution < -0.4 is 5.56 Å². The van der Waals surface area contributed by atoms with Gasteiger partial charge in [0.05, 0.1) is 17.4 Å². The van der Waals surface area contributed by atoms with Crippen LogP contribution >= 0.6 is 11.6 Å². The molecule has 1 N–H and O–H groups in total. The van der Waals surface area contributed by atoms with E-state index in [2.05, 4.69) is 39.1 Å². The number of benzene rings is 2. The largest absolute Gasteiger partial charge is 0.309 e. The molecule has 0 unspecified atom stereocenters. The second kappa shape index (κ2) is 5.80. The van der Waals surface area contributed by atoms with Gasteiger partial charge < -0.3 is 4.98 Å². The Labute approximate surface area is 138 Å². The maximum Gasteiger partial charge on any atom is 0.258 e. The van der Waals surface area contributed by atoms with E-state index < -0.39 is 0 Å². The van der Waals surface area contributed by atoms with Crippen molar-refractivity contribution in [2.45, 2.75) is 19.5 Å². The zero-order valence-corrected chi connectivity index (χ0v) is 13.3. The van der Waals surface area contributed by atoms with E-state index in [0.717, 1.165) is 19.5 Å². The third kappa shape index (κ3) is 2.87. The minimum Gasteiger partial charge on any atom is -0.309 e. The molecule has 1 aliphatic heterocycles. The van der Waals surface area contributed by atoms with Crippen LogP contribution in [0, 0.1) is 0 Å². The fourth-order valence-corrected chi connectivity index (χ4v) is 3.30. The van der Waals surface area contributed by atoms with Crippen molar-refractivity contribution in [2.75, 3.05) is 6.54 Å². The van der Waals surface area contributed by atoms with Crippen LogP contribution in [0.5, 0.6) is 0 Å². The van der Waals surface area contributed by atoms with Crippen molar-refractivity contribution in [1.29, 1.82) is 0 Å². The Hall–Kier alpha value is -2.17. The normalized spacial score (nSPS) is 14.8. The topological polar surface area (TPSA) is 49.0 Å². The van der Waals surface area contributed by atoms with Gasteiger partial charge in [0.2, 0.25) is 0 Å². The molecule has 0 aliphatic carbocycles. The zero-order chi connectivity index (χ0) is 15.8. The molecule has 0 amide bonds. The standard InChI is InChI=1S/C18H16ClN3O/c19-14-5-6-15-16(9-14)20-17(21-18(15)23)11-22-8-7-12-3-1-2-4-13(12)10-22/h1-6,9H,7-8,10-11H2,(H,20,21,23). The lowest BCUT2D eigenvalue weighted by Crippen LogP contribution is -2.31. The van der Waals surface area contributed by atoms with Crippen molar-refractivity contribution >= 4 is 22.5 Å². The summed E-state index contributed by atoms with van der Waals surface area (Å²) in [5, 5.41) is 1.16. The lowest BCUT2D eigenvalue weighted by molar-refractivity contribution is 0.239. The van der Waals surface area contributed by atoms with E-state index >= 15 is 0 Å². The zero-order valence-electron chi connectivity index (χ0n) is 12.6. The van der Waals surface area contributed by atoms with Gasteiger partial charge in [-0.15, -0.1) is 0 Å². The van der Waals surface area contributed by atoms with Gasteiger partial charge in [0.15, 0.2) is 0 Å². The van der Waals surface area contributed by atoms with Crippen LogP contribution in [-0.4, -0.2) is 21.4 Å². The monoisotopic (exact) mass is 325 g/mol. The van der Waals surface area contributed by atoms with Crippen LogP contribution in [-0.2, 0) is 19.5 Å². The molecular weight excluding hydrogens is 310 g/mol. The molecule has 0 atom stereocenters.